The molecule has 0 bridgehead atoms. The highest BCUT2D eigenvalue weighted by molar-refractivity contribution is 5.90. The highest BCUT2D eigenvalue weighted by atomic mass is 16.2. The maximum Gasteiger partial charge on any atom is 0.230 e. The van der Waals surface area contributed by atoms with Gasteiger partial charge in [-0.3, -0.25) is 9.59 Å². The summed E-state index contributed by atoms with van der Waals surface area (Å²) in [5, 5.41) is 5.95. The van der Waals surface area contributed by atoms with E-state index in [4.69, 9.17) is 0 Å². The van der Waals surface area contributed by atoms with Crippen LogP contribution in [0.3, 0.4) is 0 Å². The van der Waals surface area contributed by atoms with Crippen molar-refractivity contribution in [3.05, 3.63) is 65.2 Å². The first-order valence-corrected chi connectivity index (χ1v) is 9.72. The van der Waals surface area contributed by atoms with Crippen molar-refractivity contribution in [3.8, 4) is 0 Å². The summed E-state index contributed by atoms with van der Waals surface area (Å²) < 4.78 is 0. The summed E-state index contributed by atoms with van der Waals surface area (Å²) in [4.78, 5) is 24.5. The second-order valence-electron chi connectivity index (χ2n) is 7.57. The molecule has 1 aliphatic rings. The largest absolute Gasteiger partial charge is 0.351 e. The van der Waals surface area contributed by atoms with Crippen LogP contribution < -0.4 is 10.6 Å². The normalized spacial score (nSPS) is 15.8. The van der Waals surface area contributed by atoms with Gasteiger partial charge in [0.1, 0.15) is 0 Å². The van der Waals surface area contributed by atoms with Crippen molar-refractivity contribution in [2.24, 2.45) is 0 Å². The van der Waals surface area contributed by atoms with Crippen LogP contribution >= 0.6 is 0 Å². The molecule has 0 radical (unpaired) electrons. The Morgan fingerprint density at radius 2 is 1.56 bits per heavy atom. The van der Waals surface area contributed by atoms with E-state index in [1.807, 2.05) is 24.3 Å². The second-order valence-corrected chi connectivity index (χ2v) is 7.57. The molecule has 0 saturated heterocycles. The Labute approximate surface area is 161 Å². The third kappa shape index (κ3) is 4.57. The molecular weight excluding hydrogens is 336 g/mol. The maximum atomic E-state index is 13.2. The number of hydrogen-bond donors (Lipinski definition) is 2. The summed E-state index contributed by atoms with van der Waals surface area (Å²) in [5.74, 6) is 0.0148. The number of carbonyl (C=O) groups excluding carboxylic acids is 2. The molecule has 2 amide bonds. The molecule has 4 nitrogen and oxygen atoms in total. The van der Waals surface area contributed by atoms with Crippen LogP contribution in [-0.2, 0) is 21.5 Å². The topological polar surface area (TPSA) is 58.2 Å². The zero-order valence-corrected chi connectivity index (χ0v) is 16.2. The molecule has 0 aliphatic heterocycles. The fourth-order valence-electron chi connectivity index (χ4n) is 3.94. The van der Waals surface area contributed by atoms with Crippen LogP contribution in [0, 0.1) is 6.92 Å². The standard InChI is InChI=1S/C23H28N2O2/c1-17-6-8-19(9-7-17)16-24-22(27)23(14-4-3-5-15-23)20-10-12-21(13-11-20)25-18(2)26/h6-13H,3-5,14-16H2,1-2H3,(H,24,27)(H,25,26). The Balaban J connectivity index is 1.78. The average Bonchev–Trinajstić information content (AvgIpc) is 2.68. The first kappa shape index (κ1) is 19.2. The summed E-state index contributed by atoms with van der Waals surface area (Å²) in [5.41, 5.74) is 3.65. The van der Waals surface area contributed by atoms with E-state index >= 15 is 0 Å². The predicted octanol–water partition coefficient (Wildman–Crippen LogP) is 4.47. The Bertz CT molecular complexity index is 788. The molecule has 27 heavy (non-hydrogen) atoms. The number of anilines is 1. The van der Waals surface area contributed by atoms with E-state index in [0.29, 0.717) is 6.54 Å². The lowest BCUT2D eigenvalue weighted by Gasteiger charge is -2.36. The smallest absolute Gasteiger partial charge is 0.230 e. The molecule has 2 aromatic carbocycles. The zero-order chi connectivity index (χ0) is 19.3. The molecule has 2 aromatic rings. The van der Waals surface area contributed by atoms with E-state index in [2.05, 4.69) is 41.8 Å². The SMILES string of the molecule is CC(=O)Nc1ccc(C2(C(=O)NCc3ccc(C)cc3)CCCCC2)cc1. The molecule has 1 saturated carbocycles. The predicted molar refractivity (Wildman–Crippen MR) is 109 cm³/mol. The van der Waals surface area contributed by atoms with Crippen LogP contribution in [0.2, 0.25) is 0 Å². The first-order chi connectivity index (χ1) is 13.0. The minimum Gasteiger partial charge on any atom is -0.351 e. The molecule has 0 aromatic heterocycles. The van der Waals surface area contributed by atoms with E-state index in [1.54, 1.807) is 0 Å². The Morgan fingerprint density at radius 1 is 0.926 bits per heavy atom. The highest BCUT2D eigenvalue weighted by Gasteiger charge is 2.40. The lowest BCUT2D eigenvalue weighted by Crippen LogP contribution is -2.45. The minimum absolute atomic E-state index is 0.0917. The van der Waals surface area contributed by atoms with Gasteiger partial charge < -0.3 is 10.6 Å². The molecule has 2 N–H and O–H groups in total. The molecule has 0 unspecified atom stereocenters. The van der Waals surface area contributed by atoms with Gasteiger partial charge >= 0.3 is 0 Å². The summed E-state index contributed by atoms with van der Waals surface area (Å²) >= 11 is 0. The summed E-state index contributed by atoms with van der Waals surface area (Å²) in [6.07, 6.45) is 5.03. The van der Waals surface area contributed by atoms with Gasteiger partial charge in [-0.05, 0) is 43.0 Å². The fraction of sp³-hybridized carbons (Fsp3) is 0.391. The quantitative estimate of drug-likeness (QED) is 0.822. The molecular formula is C23H28N2O2. The van der Waals surface area contributed by atoms with Crippen molar-refractivity contribution in [2.75, 3.05) is 5.32 Å². The molecule has 1 fully saturated rings. The number of amides is 2. The minimum atomic E-state index is -0.475. The van der Waals surface area contributed by atoms with Crippen molar-refractivity contribution in [1.29, 1.82) is 0 Å². The monoisotopic (exact) mass is 364 g/mol. The van der Waals surface area contributed by atoms with Crippen molar-refractivity contribution in [3.63, 3.8) is 0 Å². The molecule has 1 aliphatic carbocycles. The van der Waals surface area contributed by atoms with Crippen LogP contribution in [0.15, 0.2) is 48.5 Å². The van der Waals surface area contributed by atoms with Gasteiger partial charge in [0.15, 0.2) is 0 Å². The molecule has 0 atom stereocenters. The van der Waals surface area contributed by atoms with E-state index in [9.17, 15) is 9.59 Å². The van der Waals surface area contributed by atoms with E-state index in [1.165, 1.54) is 18.9 Å². The molecule has 4 heteroatoms. The Hall–Kier alpha value is -2.62. The van der Waals surface area contributed by atoms with Crippen molar-refractivity contribution >= 4 is 17.5 Å². The fourth-order valence-corrected chi connectivity index (χ4v) is 3.94. The van der Waals surface area contributed by atoms with Crippen molar-refractivity contribution in [1.82, 2.24) is 5.32 Å². The van der Waals surface area contributed by atoms with Crippen LogP contribution in [0.4, 0.5) is 5.69 Å². The molecule has 0 spiro atoms. The van der Waals surface area contributed by atoms with Gasteiger partial charge in [-0.2, -0.15) is 0 Å². The summed E-state index contributed by atoms with van der Waals surface area (Å²) in [6, 6.07) is 16.0. The van der Waals surface area contributed by atoms with Crippen LogP contribution in [0.1, 0.15) is 55.7 Å². The van der Waals surface area contributed by atoms with Crippen LogP contribution in [-0.4, -0.2) is 11.8 Å². The van der Waals surface area contributed by atoms with Crippen molar-refractivity contribution < 1.29 is 9.59 Å². The van der Waals surface area contributed by atoms with E-state index in [0.717, 1.165) is 42.5 Å². The third-order valence-electron chi connectivity index (χ3n) is 5.47. The lowest BCUT2D eigenvalue weighted by atomic mass is 9.68. The Kier molecular flexibility index (Phi) is 5.94. The first-order valence-electron chi connectivity index (χ1n) is 9.72. The molecule has 0 heterocycles. The number of carbonyl (C=O) groups is 2. The third-order valence-corrected chi connectivity index (χ3v) is 5.47. The number of hydrogen-bond acceptors (Lipinski definition) is 2. The van der Waals surface area contributed by atoms with Crippen molar-refractivity contribution in [2.45, 2.75) is 57.9 Å². The molecule has 3 rings (SSSR count). The molecule has 142 valence electrons. The van der Waals surface area contributed by atoms with E-state index in [-0.39, 0.29) is 11.8 Å². The zero-order valence-electron chi connectivity index (χ0n) is 16.2. The highest BCUT2D eigenvalue weighted by Crippen LogP contribution is 2.40. The average molecular weight is 364 g/mol. The van der Waals surface area contributed by atoms with Gasteiger partial charge in [0.25, 0.3) is 0 Å². The number of nitrogens with one attached hydrogen (secondary N) is 2. The summed E-state index contributed by atoms with van der Waals surface area (Å²) in [7, 11) is 0. The van der Waals surface area contributed by atoms with Gasteiger partial charge in [-0.15, -0.1) is 0 Å². The number of rotatable bonds is 5. The van der Waals surface area contributed by atoms with Gasteiger partial charge in [0.05, 0.1) is 5.41 Å². The van der Waals surface area contributed by atoms with Gasteiger partial charge in [0.2, 0.25) is 11.8 Å². The summed E-state index contributed by atoms with van der Waals surface area (Å²) in [6.45, 7) is 4.10. The number of aryl methyl sites for hydroxylation is 1. The second kappa shape index (κ2) is 8.38. The van der Waals surface area contributed by atoms with Gasteiger partial charge in [-0.1, -0.05) is 61.2 Å². The van der Waals surface area contributed by atoms with Gasteiger partial charge in [-0.25, -0.2) is 0 Å². The van der Waals surface area contributed by atoms with Gasteiger partial charge in [0, 0.05) is 19.2 Å². The maximum absolute atomic E-state index is 13.2. The Morgan fingerprint density at radius 3 is 2.15 bits per heavy atom. The lowest BCUT2D eigenvalue weighted by molar-refractivity contribution is -0.128. The number of benzene rings is 2. The van der Waals surface area contributed by atoms with Crippen LogP contribution in [0.25, 0.3) is 0 Å². The van der Waals surface area contributed by atoms with E-state index < -0.39 is 5.41 Å². The van der Waals surface area contributed by atoms with Crippen LogP contribution in [0.5, 0.6) is 0 Å².